The van der Waals surface area contributed by atoms with E-state index in [1.807, 2.05) is 30.3 Å². The number of hydrogen-bond acceptors (Lipinski definition) is 3. The van der Waals surface area contributed by atoms with Crippen LogP contribution in [0, 0.1) is 5.82 Å². The maximum absolute atomic E-state index is 13.1. The third kappa shape index (κ3) is 4.05. The van der Waals surface area contributed by atoms with E-state index in [1.54, 1.807) is 18.2 Å². The molecule has 4 heteroatoms. The number of nitrogens with two attached hydrogens (primary N) is 1. The normalized spacial score (nSPS) is 10.7. The van der Waals surface area contributed by atoms with Crippen molar-refractivity contribution in [3.63, 3.8) is 0 Å². The van der Waals surface area contributed by atoms with E-state index < -0.39 is 0 Å². The van der Waals surface area contributed by atoms with Crippen LogP contribution in [-0.4, -0.2) is 12.1 Å². The van der Waals surface area contributed by atoms with Gasteiger partial charge in [-0.2, -0.15) is 0 Å². The van der Waals surface area contributed by atoms with Gasteiger partial charge in [0, 0.05) is 13.1 Å². The molecular formula is C15H17FN2O. The van der Waals surface area contributed by atoms with Gasteiger partial charge in [0.1, 0.15) is 11.6 Å². The average Bonchev–Trinajstić information content (AvgIpc) is 2.38. The van der Waals surface area contributed by atoms with Crippen LogP contribution in [-0.2, 0) is 13.1 Å². The first-order valence-electron chi connectivity index (χ1n) is 6.04. The highest BCUT2D eigenvalue weighted by atomic mass is 19.1. The van der Waals surface area contributed by atoms with Crippen molar-refractivity contribution in [3.05, 3.63) is 65.5 Å². The van der Waals surface area contributed by atoms with Gasteiger partial charge >= 0.3 is 0 Å². The molecule has 0 bridgehead atoms. The number of methoxy groups -OCH3 is 1. The molecule has 0 aliphatic rings. The number of ether oxygens (including phenoxy) is 1. The molecule has 0 fully saturated rings. The second-order valence-corrected chi connectivity index (χ2v) is 4.39. The quantitative estimate of drug-likeness (QED) is 0.663. The summed E-state index contributed by atoms with van der Waals surface area (Å²) in [5.74, 6) is 6.51. The molecule has 0 spiro atoms. The van der Waals surface area contributed by atoms with E-state index in [1.165, 1.54) is 12.1 Å². The highest BCUT2D eigenvalue weighted by Gasteiger charge is 2.04. The van der Waals surface area contributed by atoms with Crippen LogP contribution in [0.4, 0.5) is 4.39 Å². The first-order valence-corrected chi connectivity index (χ1v) is 6.04. The van der Waals surface area contributed by atoms with E-state index in [0.29, 0.717) is 13.1 Å². The zero-order valence-electron chi connectivity index (χ0n) is 10.8. The molecule has 0 aliphatic carbocycles. The summed E-state index contributed by atoms with van der Waals surface area (Å²) in [6.45, 7) is 1.07. The second-order valence-electron chi connectivity index (χ2n) is 4.39. The van der Waals surface area contributed by atoms with Crippen molar-refractivity contribution in [1.82, 2.24) is 5.01 Å². The maximum atomic E-state index is 13.1. The molecule has 2 aromatic carbocycles. The minimum absolute atomic E-state index is 0.243. The van der Waals surface area contributed by atoms with Gasteiger partial charge in [-0.25, -0.2) is 9.40 Å². The summed E-state index contributed by atoms with van der Waals surface area (Å²) >= 11 is 0. The Bertz CT molecular complexity index is 545. The summed E-state index contributed by atoms with van der Waals surface area (Å²) in [5, 5.41) is 1.64. The summed E-state index contributed by atoms with van der Waals surface area (Å²) in [6.07, 6.45) is 0. The predicted molar refractivity (Wildman–Crippen MR) is 72.8 cm³/mol. The standard InChI is InChI=1S/C15H17FN2O/c1-19-15-7-3-5-13(9-15)11-18(17)10-12-4-2-6-14(16)8-12/h2-9H,10-11,17H2,1H3. The zero-order chi connectivity index (χ0) is 13.7. The maximum Gasteiger partial charge on any atom is 0.123 e. The third-order valence-corrected chi connectivity index (χ3v) is 2.79. The zero-order valence-corrected chi connectivity index (χ0v) is 10.8. The van der Waals surface area contributed by atoms with E-state index in [-0.39, 0.29) is 5.82 Å². The van der Waals surface area contributed by atoms with Crippen molar-refractivity contribution < 1.29 is 9.13 Å². The van der Waals surface area contributed by atoms with Gasteiger partial charge in [-0.15, -0.1) is 0 Å². The number of nitrogens with zero attached hydrogens (tertiary/aromatic N) is 1. The largest absolute Gasteiger partial charge is 0.497 e. The molecule has 2 N–H and O–H groups in total. The van der Waals surface area contributed by atoms with Gasteiger partial charge in [0.25, 0.3) is 0 Å². The van der Waals surface area contributed by atoms with E-state index in [0.717, 1.165) is 16.9 Å². The summed E-state index contributed by atoms with van der Waals surface area (Å²) in [4.78, 5) is 0. The van der Waals surface area contributed by atoms with Crippen LogP contribution >= 0.6 is 0 Å². The second kappa shape index (κ2) is 6.31. The van der Waals surface area contributed by atoms with Crippen LogP contribution in [0.3, 0.4) is 0 Å². The Morgan fingerprint density at radius 1 is 1.05 bits per heavy atom. The van der Waals surface area contributed by atoms with Crippen molar-refractivity contribution in [3.8, 4) is 5.75 Å². The Hall–Kier alpha value is -1.91. The molecule has 0 unspecified atom stereocenters. The number of hydrazine groups is 1. The fraction of sp³-hybridized carbons (Fsp3) is 0.200. The molecule has 0 aromatic heterocycles. The SMILES string of the molecule is COc1cccc(CN(N)Cc2cccc(F)c2)c1. The fourth-order valence-electron chi connectivity index (χ4n) is 1.93. The third-order valence-electron chi connectivity index (χ3n) is 2.79. The molecule has 0 aliphatic heterocycles. The molecule has 2 rings (SSSR count). The molecule has 19 heavy (non-hydrogen) atoms. The van der Waals surface area contributed by atoms with Gasteiger partial charge in [0.05, 0.1) is 7.11 Å². The molecule has 0 heterocycles. The van der Waals surface area contributed by atoms with Gasteiger partial charge in [-0.05, 0) is 35.4 Å². The van der Waals surface area contributed by atoms with Gasteiger partial charge in [-0.1, -0.05) is 24.3 Å². The van der Waals surface area contributed by atoms with Crippen LogP contribution in [0.5, 0.6) is 5.75 Å². The average molecular weight is 260 g/mol. The van der Waals surface area contributed by atoms with Gasteiger partial charge in [0.15, 0.2) is 0 Å². The number of halogens is 1. The van der Waals surface area contributed by atoms with Gasteiger partial charge < -0.3 is 4.74 Å². The highest BCUT2D eigenvalue weighted by Crippen LogP contribution is 2.14. The van der Waals surface area contributed by atoms with E-state index in [4.69, 9.17) is 10.6 Å². The van der Waals surface area contributed by atoms with E-state index in [9.17, 15) is 4.39 Å². The lowest BCUT2D eigenvalue weighted by atomic mass is 10.2. The lowest BCUT2D eigenvalue weighted by Gasteiger charge is -2.16. The highest BCUT2D eigenvalue weighted by molar-refractivity contribution is 5.28. The summed E-state index contributed by atoms with van der Waals surface area (Å²) in [6, 6.07) is 14.2. The smallest absolute Gasteiger partial charge is 0.123 e. The van der Waals surface area contributed by atoms with Crippen LogP contribution in [0.25, 0.3) is 0 Å². The Morgan fingerprint density at radius 3 is 2.32 bits per heavy atom. The first kappa shape index (κ1) is 13.5. The van der Waals surface area contributed by atoms with E-state index in [2.05, 4.69) is 0 Å². The Balaban J connectivity index is 1.98. The molecule has 0 amide bonds. The number of rotatable bonds is 5. The molecule has 3 nitrogen and oxygen atoms in total. The minimum Gasteiger partial charge on any atom is -0.497 e. The van der Waals surface area contributed by atoms with Crippen molar-refractivity contribution in [2.75, 3.05) is 7.11 Å². The molecular weight excluding hydrogens is 243 g/mol. The Morgan fingerprint density at radius 2 is 1.68 bits per heavy atom. The van der Waals surface area contributed by atoms with Crippen molar-refractivity contribution in [2.24, 2.45) is 5.84 Å². The van der Waals surface area contributed by atoms with Gasteiger partial charge in [-0.3, -0.25) is 5.84 Å². The Kier molecular flexibility index (Phi) is 4.49. The molecule has 0 radical (unpaired) electrons. The lowest BCUT2D eigenvalue weighted by molar-refractivity contribution is 0.265. The molecule has 0 atom stereocenters. The van der Waals surface area contributed by atoms with Crippen LogP contribution in [0.2, 0.25) is 0 Å². The van der Waals surface area contributed by atoms with E-state index >= 15 is 0 Å². The monoisotopic (exact) mass is 260 g/mol. The minimum atomic E-state index is -0.243. The predicted octanol–water partition coefficient (Wildman–Crippen LogP) is 2.71. The van der Waals surface area contributed by atoms with Crippen LogP contribution in [0.15, 0.2) is 48.5 Å². The summed E-state index contributed by atoms with van der Waals surface area (Å²) in [7, 11) is 1.63. The van der Waals surface area contributed by atoms with Crippen molar-refractivity contribution >= 4 is 0 Å². The molecule has 0 saturated carbocycles. The first-order chi connectivity index (χ1) is 9.17. The number of benzene rings is 2. The number of hydrogen-bond donors (Lipinski definition) is 1. The molecule has 2 aromatic rings. The topological polar surface area (TPSA) is 38.5 Å². The molecule has 0 saturated heterocycles. The lowest BCUT2D eigenvalue weighted by Crippen LogP contribution is -2.29. The van der Waals surface area contributed by atoms with Crippen LogP contribution in [0.1, 0.15) is 11.1 Å². The van der Waals surface area contributed by atoms with Crippen molar-refractivity contribution in [2.45, 2.75) is 13.1 Å². The summed E-state index contributed by atoms with van der Waals surface area (Å²) in [5.41, 5.74) is 1.91. The van der Waals surface area contributed by atoms with Crippen LogP contribution < -0.4 is 10.6 Å². The van der Waals surface area contributed by atoms with Crippen molar-refractivity contribution in [1.29, 1.82) is 0 Å². The summed E-state index contributed by atoms with van der Waals surface area (Å²) < 4.78 is 18.2. The molecule has 100 valence electrons. The fourth-order valence-corrected chi connectivity index (χ4v) is 1.93. The van der Waals surface area contributed by atoms with Gasteiger partial charge in [0.2, 0.25) is 0 Å². The Labute approximate surface area is 112 Å².